The third-order valence-electron chi connectivity index (χ3n) is 5.19. The predicted octanol–water partition coefficient (Wildman–Crippen LogP) is 4.45. The van der Waals surface area contributed by atoms with Gasteiger partial charge in [-0.15, -0.1) is 11.3 Å². The van der Waals surface area contributed by atoms with E-state index >= 15 is 0 Å². The van der Waals surface area contributed by atoms with Crippen LogP contribution in [0.2, 0.25) is 0 Å². The van der Waals surface area contributed by atoms with Crippen LogP contribution < -0.4 is 10.2 Å². The Kier molecular flexibility index (Phi) is 6.08. The number of halogens is 1. The van der Waals surface area contributed by atoms with E-state index in [0.717, 1.165) is 18.5 Å². The molecule has 1 fully saturated rings. The van der Waals surface area contributed by atoms with Crippen LogP contribution in [0.25, 0.3) is 11.5 Å². The minimum absolute atomic E-state index is 0.0147. The van der Waals surface area contributed by atoms with Gasteiger partial charge in [0.15, 0.2) is 11.0 Å². The minimum atomic E-state index is -0.330. The molecular weight excluding hydrogens is 405 g/mol. The average Bonchev–Trinajstić information content (AvgIpc) is 3.37. The number of aromatic nitrogens is 3. The molecule has 0 spiro atoms. The van der Waals surface area contributed by atoms with Gasteiger partial charge in [-0.2, -0.15) is 4.98 Å². The number of aryl methyl sites for hydroxylation is 2. The summed E-state index contributed by atoms with van der Waals surface area (Å²) in [5, 5.41) is 9.34. The van der Waals surface area contributed by atoms with Crippen LogP contribution >= 0.6 is 11.3 Å². The first kappa shape index (κ1) is 20.5. The number of benzene rings is 1. The first-order chi connectivity index (χ1) is 14.5. The molecule has 158 valence electrons. The van der Waals surface area contributed by atoms with Crippen LogP contribution in [0.4, 0.5) is 15.2 Å². The van der Waals surface area contributed by atoms with Crippen LogP contribution in [0.1, 0.15) is 37.7 Å². The maximum Gasteiger partial charge on any atom is 0.258 e. The summed E-state index contributed by atoms with van der Waals surface area (Å²) in [6.07, 6.45) is 2.99. The molecule has 2 aromatic heterocycles. The normalized spacial score (nSPS) is 14.8. The summed E-state index contributed by atoms with van der Waals surface area (Å²) >= 11 is 1.42. The lowest BCUT2D eigenvalue weighted by Gasteiger charge is -2.33. The Bertz CT molecular complexity index is 1030. The molecule has 0 atom stereocenters. The van der Waals surface area contributed by atoms with Crippen molar-refractivity contribution in [1.82, 2.24) is 15.1 Å². The number of anilines is 2. The van der Waals surface area contributed by atoms with E-state index in [1.807, 2.05) is 24.1 Å². The van der Waals surface area contributed by atoms with Crippen molar-refractivity contribution in [3.05, 3.63) is 40.9 Å². The van der Waals surface area contributed by atoms with Crippen molar-refractivity contribution in [3.8, 4) is 11.5 Å². The maximum atomic E-state index is 14.8. The minimum Gasteiger partial charge on any atom is -0.369 e. The van der Waals surface area contributed by atoms with E-state index in [0.29, 0.717) is 54.0 Å². The van der Waals surface area contributed by atoms with Gasteiger partial charge in [0.25, 0.3) is 5.89 Å². The summed E-state index contributed by atoms with van der Waals surface area (Å²) in [7, 11) is 0. The van der Waals surface area contributed by atoms with E-state index in [1.54, 1.807) is 12.1 Å². The Morgan fingerprint density at radius 3 is 2.80 bits per heavy atom. The number of carbonyl (C=O) groups excluding carboxylic acids is 1. The number of thiazole rings is 1. The van der Waals surface area contributed by atoms with Gasteiger partial charge < -0.3 is 14.7 Å². The summed E-state index contributed by atoms with van der Waals surface area (Å²) in [6, 6.07) is 4.97. The molecule has 1 N–H and O–H groups in total. The van der Waals surface area contributed by atoms with E-state index in [1.165, 1.54) is 17.4 Å². The van der Waals surface area contributed by atoms with Gasteiger partial charge in [-0.3, -0.25) is 4.79 Å². The number of hydrogen-bond acceptors (Lipinski definition) is 7. The first-order valence-corrected chi connectivity index (χ1v) is 11.0. The van der Waals surface area contributed by atoms with Crippen molar-refractivity contribution in [2.45, 2.75) is 39.5 Å². The molecule has 30 heavy (non-hydrogen) atoms. The van der Waals surface area contributed by atoms with E-state index in [-0.39, 0.29) is 17.6 Å². The van der Waals surface area contributed by atoms with E-state index < -0.39 is 0 Å². The zero-order valence-corrected chi connectivity index (χ0v) is 17.8. The first-order valence-electron chi connectivity index (χ1n) is 10.1. The van der Waals surface area contributed by atoms with Gasteiger partial charge in [0.05, 0.1) is 11.4 Å². The fourth-order valence-electron chi connectivity index (χ4n) is 3.59. The quantitative estimate of drug-likeness (QED) is 0.623. The van der Waals surface area contributed by atoms with Crippen LogP contribution in [0.15, 0.2) is 28.1 Å². The van der Waals surface area contributed by atoms with Gasteiger partial charge in [-0.25, -0.2) is 9.37 Å². The number of carbonyl (C=O) groups is 1. The van der Waals surface area contributed by atoms with E-state index in [2.05, 4.69) is 20.4 Å². The maximum absolute atomic E-state index is 14.8. The number of piperidine rings is 1. The monoisotopic (exact) mass is 429 g/mol. The number of rotatable bonds is 6. The third-order valence-corrected chi connectivity index (χ3v) is 6.07. The molecule has 0 unspecified atom stereocenters. The number of nitrogens with one attached hydrogen (secondary N) is 1. The molecule has 1 saturated heterocycles. The molecule has 1 aliphatic rings. The highest BCUT2D eigenvalue weighted by Crippen LogP contribution is 2.30. The molecule has 3 aromatic rings. The Hall–Kier alpha value is -2.81. The fourth-order valence-corrected chi connectivity index (χ4v) is 4.29. The lowest BCUT2D eigenvalue weighted by atomic mass is 9.95. The lowest BCUT2D eigenvalue weighted by molar-refractivity contribution is -0.120. The average molecular weight is 430 g/mol. The summed E-state index contributed by atoms with van der Waals surface area (Å²) in [5.41, 5.74) is 1.99. The lowest BCUT2D eigenvalue weighted by Crippen LogP contribution is -2.38. The third kappa shape index (κ3) is 4.51. The molecule has 0 radical (unpaired) electrons. The topological polar surface area (TPSA) is 84.2 Å². The number of hydrogen-bond donors (Lipinski definition) is 1. The Labute approximate surface area is 178 Å². The summed E-state index contributed by atoms with van der Waals surface area (Å²) in [5.74, 6) is 0.521. The van der Waals surface area contributed by atoms with Crippen molar-refractivity contribution < 1.29 is 13.7 Å². The van der Waals surface area contributed by atoms with Crippen LogP contribution in [0.3, 0.4) is 0 Å². The highest BCUT2D eigenvalue weighted by molar-refractivity contribution is 7.13. The van der Waals surface area contributed by atoms with Crippen molar-refractivity contribution in [3.63, 3.8) is 0 Å². The van der Waals surface area contributed by atoms with Crippen LogP contribution in [0, 0.1) is 18.7 Å². The van der Waals surface area contributed by atoms with Gasteiger partial charge in [0.1, 0.15) is 5.82 Å². The van der Waals surface area contributed by atoms with Gasteiger partial charge in [0.2, 0.25) is 5.91 Å². The molecule has 4 rings (SSSR count). The molecule has 0 bridgehead atoms. The zero-order valence-electron chi connectivity index (χ0n) is 17.0. The molecule has 1 aromatic carbocycles. The molecule has 9 heteroatoms. The van der Waals surface area contributed by atoms with E-state index in [9.17, 15) is 9.18 Å². The van der Waals surface area contributed by atoms with Gasteiger partial charge in [0, 0.05) is 36.4 Å². The largest absolute Gasteiger partial charge is 0.369 e. The zero-order chi connectivity index (χ0) is 21.1. The Balaban J connectivity index is 1.37. The van der Waals surface area contributed by atoms with Crippen molar-refractivity contribution >= 4 is 28.1 Å². The van der Waals surface area contributed by atoms with Crippen LogP contribution in [0.5, 0.6) is 0 Å². The molecule has 3 heterocycles. The smallest absolute Gasteiger partial charge is 0.258 e. The fraction of sp³-hybridized carbons (Fsp3) is 0.429. The second-order valence-electron chi connectivity index (χ2n) is 7.48. The van der Waals surface area contributed by atoms with Crippen LogP contribution in [-0.4, -0.2) is 34.1 Å². The van der Waals surface area contributed by atoms with Crippen LogP contribution in [-0.2, 0) is 11.2 Å². The van der Waals surface area contributed by atoms with E-state index in [4.69, 9.17) is 4.52 Å². The highest BCUT2D eigenvalue weighted by atomic mass is 32.1. The second-order valence-corrected chi connectivity index (χ2v) is 8.33. The van der Waals surface area contributed by atoms with Gasteiger partial charge >= 0.3 is 0 Å². The second kappa shape index (κ2) is 8.91. The standard InChI is InChI=1S/C21H24FN5O2S/c1-3-4-18-24-20(29-26-18)15-5-6-17(16(22)11-15)27-9-7-14(8-10-27)19(28)25-21-23-13(2)12-30-21/h5-6,11-12,14H,3-4,7-10H2,1-2H3,(H,23,25,28). The molecule has 0 aliphatic carbocycles. The molecule has 0 saturated carbocycles. The summed E-state index contributed by atoms with van der Waals surface area (Å²) in [6.45, 7) is 5.17. The molecule has 1 amide bonds. The molecule has 1 aliphatic heterocycles. The van der Waals surface area contributed by atoms with Crippen molar-refractivity contribution in [2.24, 2.45) is 5.92 Å². The Morgan fingerprint density at radius 2 is 2.13 bits per heavy atom. The summed E-state index contributed by atoms with van der Waals surface area (Å²) < 4.78 is 20.0. The molecule has 7 nitrogen and oxygen atoms in total. The number of nitrogens with zero attached hydrogens (tertiary/aromatic N) is 4. The highest BCUT2D eigenvalue weighted by Gasteiger charge is 2.27. The van der Waals surface area contributed by atoms with Crippen molar-refractivity contribution in [2.75, 3.05) is 23.3 Å². The van der Waals surface area contributed by atoms with Gasteiger partial charge in [-0.05, 0) is 44.4 Å². The molecular formula is C21H24FN5O2S. The summed E-state index contributed by atoms with van der Waals surface area (Å²) in [4.78, 5) is 23.0. The predicted molar refractivity (Wildman–Crippen MR) is 114 cm³/mol. The van der Waals surface area contributed by atoms with Gasteiger partial charge in [-0.1, -0.05) is 12.1 Å². The number of amides is 1. The van der Waals surface area contributed by atoms with Crippen molar-refractivity contribution in [1.29, 1.82) is 0 Å². The SMILES string of the molecule is CCCc1noc(-c2ccc(N3CCC(C(=O)Nc4nc(C)cs4)CC3)c(F)c2)n1. The Morgan fingerprint density at radius 1 is 1.33 bits per heavy atom.